The molecule has 1 atom stereocenters. The number of pyridine rings is 1. The summed E-state index contributed by atoms with van der Waals surface area (Å²) in [5, 5.41) is 2.95. The van der Waals surface area contributed by atoms with Gasteiger partial charge in [-0.1, -0.05) is 12.1 Å². The first-order chi connectivity index (χ1) is 10.1. The van der Waals surface area contributed by atoms with E-state index in [9.17, 15) is 4.79 Å². The summed E-state index contributed by atoms with van der Waals surface area (Å²) >= 11 is 0. The van der Waals surface area contributed by atoms with Crippen molar-refractivity contribution in [1.29, 1.82) is 0 Å². The average Bonchev–Trinajstić information content (AvgIpc) is 2.48. The molecule has 0 aliphatic heterocycles. The predicted molar refractivity (Wildman–Crippen MR) is 82.3 cm³/mol. The quantitative estimate of drug-likeness (QED) is 0.916. The third kappa shape index (κ3) is 4.31. The third-order valence-electron chi connectivity index (χ3n) is 3.02. The topological polar surface area (TPSA) is 51.2 Å². The molecule has 0 aliphatic carbocycles. The first kappa shape index (κ1) is 15.0. The van der Waals surface area contributed by atoms with Gasteiger partial charge in [0, 0.05) is 12.4 Å². The van der Waals surface area contributed by atoms with Gasteiger partial charge in [-0.2, -0.15) is 0 Å². The van der Waals surface area contributed by atoms with Crippen LogP contribution in [0.5, 0.6) is 5.75 Å². The maximum absolute atomic E-state index is 12.1. The summed E-state index contributed by atoms with van der Waals surface area (Å²) in [6.45, 7) is 5.93. The Hall–Kier alpha value is -2.36. The highest BCUT2D eigenvalue weighted by Gasteiger charge is 2.11. The summed E-state index contributed by atoms with van der Waals surface area (Å²) in [5.74, 6) is 0.706. The number of carbonyl (C=O) groups is 1. The zero-order chi connectivity index (χ0) is 15.2. The summed E-state index contributed by atoms with van der Waals surface area (Å²) in [4.78, 5) is 16.0. The molecule has 1 amide bonds. The lowest BCUT2D eigenvalue weighted by atomic mass is 10.1. The lowest BCUT2D eigenvalue weighted by molar-refractivity contribution is 0.0939. The van der Waals surface area contributed by atoms with Gasteiger partial charge in [-0.3, -0.25) is 9.78 Å². The first-order valence-corrected chi connectivity index (χ1v) is 7.04. The number of benzene rings is 1. The number of nitrogens with zero attached hydrogens (tertiary/aromatic N) is 1. The molecule has 0 radical (unpaired) electrons. The number of hydrogen-bond acceptors (Lipinski definition) is 3. The predicted octanol–water partition coefficient (Wildman–Crippen LogP) is 3.36. The highest BCUT2D eigenvalue weighted by molar-refractivity contribution is 5.94. The zero-order valence-corrected chi connectivity index (χ0v) is 12.5. The Bertz CT molecular complexity index is 579. The first-order valence-electron chi connectivity index (χ1n) is 7.04. The number of rotatable bonds is 5. The number of hydrogen-bond donors (Lipinski definition) is 1. The normalized spacial score (nSPS) is 12.0. The number of amides is 1. The van der Waals surface area contributed by atoms with Crippen molar-refractivity contribution in [2.24, 2.45) is 0 Å². The molecule has 0 saturated carbocycles. The van der Waals surface area contributed by atoms with Crippen molar-refractivity contribution in [3.8, 4) is 5.75 Å². The summed E-state index contributed by atoms with van der Waals surface area (Å²) in [6.07, 6.45) is 3.36. The van der Waals surface area contributed by atoms with Crippen LogP contribution in [0.2, 0.25) is 0 Å². The Morgan fingerprint density at radius 3 is 2.43 bits per heavy atom. The summed E-state index contributed by atoms with van der Waals surface area (Å²) in [7, 11) is 0. The molecular weight excluding hydrogens is 264 g/mol. The Morgan fingerprint density at radius 2 is 1.86 bits per heavy atom. The molecule has 0 aliphatic rings. The third-order valence-corrected chi connectivity index (χ3v) is 3.02. The fourth-order valence-corrected chi connectivity index (χ4v) is 1.97. The van der Waals surface area contributed by atoms with Gasteiger partial charge in [0.2, 0.25) is 0 Å². The number of ether oxygens (including phenoxy) is 1. The summed E-state index contributed by atoms with van der Waals surface area (Å²) < 4.78 is 5.60. The van der Waals surface area contributed by atoms with Gasteiger partial charge in [-0.15, -0.1) is 0 Å². The van der Waals surface area contributed by atoms with Crippen LogP contribution in [-0.4, -0.2) is 17.0 Å². The monoisotopic (exact) mass is 284 g/mol. The van der Waals surface area contributed by atoms with E-state index in [0.717, 1.165) is 11.3 Å². The molecule has 1 heterocycles. The van der Waals surface area contributed by atoms with E-state index in [2.05, 4.69) is 10.3 Å². The van der Waals surface area contributed by atoms with E-state index in [1.807, 2.05) is 45.0 Å². The molecule has 1 aromatic heterocycles. The second-order valence-electron chi connectivity index (χ2n) is 5.17. The van der Waals surface area contributed by atoms with Crippen molar-refractivity contribution in [3.05, 3.63) is 59.9 Å². The largest absolute Gasteiger partial charge is 0.491 e. The second-order valence-corrected chi connectivity index (χ2v) is 5.17. The van der Waals surface area contributed by atoms with Crippen LogP contribution < -0.4 is 10.1 Å². The van der Waals surface area contributed by atoms with Crippen LogP contribution in [0.1, 0.15) is 42.7 Å². The SMILES string of the molecule is CC(C)Oc1ccc(C(C)NC(=O)c2cccnc2)cc1. The standard InChI is InChI=1S/C17H20N2O2/c1-12(2)21-16-8-6-14(7-9-16)13(3)19-17(20)15-5-4-10-18-11-15/h4-13H,1-3H3,(H,19,20). The van der Waals surface area contributed by atoms with Crippen LogP contribution in [0.4, 0.5) is 0 Å². The molecule has 0 spiro atoms. The van der Waals surface area contributed by atoms with Gasteiger partial charge in [-0.05, 0) is 50.6 Å². The van der Waals surface area contributed by atoms with Crippen LogP contribution in [-0.2, 0) is 0 Å². The van der Waals surface area contributed by atoms with E-state index in [4.69, 9.17) is 4.74 Å². The van der Waals surface area contributed by atoms with Gasteiger partial charge >= 0.3 is 0 Å². The molecule has 1 N–H and O–H groups in total. The second kappa shape index (κ2) is 6.88. The van der Waals surface area contributed by atoms with Crippen molar-refractivity contribution < 1.29 is 9.53 Å². The van der Waals surface area contributed by atoms with Gasteiger partial charge in [0.05, 0.1) is 17.7 Å². The maximum atomic E-state index is 12.1. The molecule has 4 heteroatoms. The van der Waals surface area contributed by atoms with Crippen LogP contribution >= 0.6 is 0 Å². The molecule has 0 saturated heterocycles. The van der Waals surface area contributed by atoms with E-state index < -0.39 is 0 Å². The molecule has 21 heavy (non-hydrogen) atoms. The summed E-state index contributed by atoms with van der Waals surface area (Å²) in [5.41, 5.74) is 1.59. The molecule has 0 bridgehead atoms. The molecular formula is C17H20N2O2. The van der Waals surface area contributed by atoms with E-state index >= 15 is 0 Å². The molecule has 2 rings (SSSR count). The van der Waals surface area contributed by atoms with Crippen LogP contribution in [0, 0.1) is 0 Å². The molecule has 1 aromatic carbocycles. The molecule has 2 aromatic rings. The van der Waals surface area contributed by atoms with Gasteiger partial charge < -0.3 is 10.1 Å². The van der Waals surface area contributed by atoms with Crippen molar-refractivity contribution in [2.75, 3.05) is 0 Å². The van der Waals surface area contributed by atoms with Gasteiger partial charge in [-0.25, -0.2) is 0 Å². The Morgan fingerprint density at radius 1 is 1.14 bits per heavy atom. The smallest absolute Gasteiger partial charge is 0.253 e. The zero-order valence-electron chi connectivity index (χ0n) is 12.5. The van der Waals surface area contributed by atoms with E-state index in [1.54, 1.807) is 24.5 Å². The lowest BCUT2D eigenvalue weighted by Crippen LogP contribution is -2.26. The van der Waals surface area contributed by atoms with Crippen molar-refractivity contribution in [2.45, 2.75) is 32.9 Å². The van der Waals surface area contributed by atoms with Crippen molar-refractivity contribution in [3.63, 3.8) is 0 Å². The van der Waals surface area contributed by atoms with Crippen molar-refractivity contribution >= 4 is 5.91 Å². The number of aromatic nitrogens is 1. The number of nitrogens with one attached hydrogen (secondary N) is 1. The molecule has 110 valence electrons. The minimum atomic E-state index is -0.127. The van der Waals surface area contributed by atoms with E-state index in [0.29, 0.717) is 5.56 Å². The molecule has 1 unspecified atom stereocenters. The molecule has 4 nitrogen and oxygen atoms in total. The summed E-state index contributed by atoms with van der Waals surface area (Å²) in [6, 6.07) is 11.2. The fraction of sp³-hybridized carbons (Fsp3) is 0.294. The number of carbonyl (C=O) groups excluding carboxylic acids is 1. The highest BCUT2D eigenvalue weighted by Crippen LogP contribution is 2.18. The van der Waals surface area contributed by atoms with Gasteiger partial charge in [0.25, 0.3) is 5.91 Å². The Kier molecular flexibility index (Phi) is 4.93. The van der Waals surface area contributed by atoms with Gasteiger partial charge in [0.1, 0.15) is 5.75 Å². The minimum absolute atomic E-state index is 0.0780. The fourth-order valence-electron chi connectivity index (χ4n) is 1.97. The maximum Gasteiger partial charge on any atom is 0.253 e. The molecule has 0 fully saturated rings. The van der Waals surface area contributed by atoms with Crippen molar-refractivity contribution in [1.82, 2.24) is 10.3 Å². The van der Waals surface area contributed by atoms with Crippen LogP contribution in [0.15, 0.2) is 48.8 Å². The van der Waals surface area contributed by atoms with E-state index in [-0.39, 0.29) is 18.1 Å². The average molecular weight is 284 g/mol. The Balaban J connectivity index is 2.00. The van der Waals surface area contributed by atoms with E-state index in [1.165, 1.54) is 0 Å². The Labute approximate surface area is 125 Å². The van der Waals surface area contributed by atoms with Gasteiger partial charge in [0.15, 0.2) is 0 Å². The van der Waals surface area contributed by atoms with Crippen LogP contribution in [0.25, 0.3) is 0 Å². The lowest BCUT2D eigenvalue weighted by Gasteiger charge is -2.15. The highest BCUT2D eigenvalue weighted by atomic mass is 16.5. The van der Waals surface area contributed by atoms with Crippen LogP contribution in [0.3, 0.4) is 0 Å². The minimum Gasteiger partial charge on any atom is -0.491 e.